The number of ether oxygens (including phenoxy) is 2. The summed E-state index contributed by atoms with van der Waals surface area (Å²) in [4.78, 5) is 24.2. The Balaban J connectivity index is 1.31. The van der Waals surface area contributed by atoms with E-state index in [0.717, 1.165) is 38.5 Å². The number of rotatable bonds is 3. The highest BCUT2D eigenvalue weighted by Gasteiger charge is 2.59. The minimum atomic E-state index is -0.204. The summed E-state index contributed by atoms with van der Waals surface area (Å²) in [5, 5.41) is 0. The molecule has 0 radical (unpaired) electrons. The van der Waals surface area contributed by atoms with Gasteiger partial charge < -0.3 is 9.47 Å². The van der Waals surface area contributed by atoms with Crippen molar-refractivity contribution in [1.29, 1.82) is 0 Å². The molecule has 4 heteroatoms. The van der Waals surface area contributed by atoms with Crippen LogP contribution in [0.1, 0.15) is 82.5 Å². The highest BCUT2D eigenvalue weighted by molar-refractivity contribution is 5.89. The van der Waals surface area contributed by atoms with Crippen LogP contribution in [0.2, 0.25) is 0 Å². The van der Waals surface area contributed by atoms with E-state index < -0.39 is 0 Å². The maximum atomic E-state index is 12.6. The van der Waals surface area contributed by atoms with Gasteiger partial charge in [0.2, 0.25) is 0 Å². The van der Waals surface area contributed by atoms with Crippen LogP contribution >= 0.6 is 0 Å². The normalized spacial score (nSPS) is 40.3. The van der Waals surface area contributed by atoms with E-state index in [0.29, 0.717) is 23.3 Å². The van der Waals surface area contributed by atoms with Crippen LogP contribution in [0.15, 0.2) is 42.0 Å². The average Bonchev–Trinajstić information content (AvgIpc) is 3.10. The van der Waals surface area contributed by atoms with Crippen molar-refractivity contribution in [1.82, 2.24) is 0 Å². The van der Waals surface area contributed by atoms with Gasteiger partial charge in [-0.25, -0.2) is 4.79 Å². The van der Waals surface area contributed by atoms with E-state index in [1.807, 2.05) is 30.3 Å². The molecule has 1 aromatic rings. The van der Waals surface area contributed by atoms with Crippen molar-refractivity contribution in [2.45, 2.75) is 84.3 Å². The number of fused-ring (bicyclic) bond motifs is 5. The zero-order chi connectivity index (χ0) is 22.5. The van der Waals surface area contributed by atoms with Gasteiger partial charge in [-0.3, -0.25) is 4.79 Å². The van der Waals surface area contributed by atoms with Gasteiger partial charge in [0.05, 0.1) is 5.56 Å². The van der Waals surface area contributed by atoms with Gasteiger partial charge in [-0.15, -0.1) is 0 Å². The summed E-state index contributed by atoms with van der Waals surface area (Å²) in [6, 6.07) is 9.32. The van der Waals surface area contributed by atoms with Crippen molar-refractivity contribution in [3.05, 3.63) is 47.5 Å². The zero-order valence-electron chi connectivity index (χ0n) is 19.6. The highest BCUT2D eigenvalue weighted by Crippen LogP contribution is 2.65. The molecule has 0 N–H and O–H groups in total. The molecule has 0 aliphatic heterocycles. The molecule has 0 amide bonds. The van der Waals surface area contributed by atoms with E-state index in [1.54, 1.807) is 6.92 Å². The lowest BCUT2D eigenvalue weighted by molar-refractivity contribution is -0.156. The fourth-order valence-corrected chi connectivity index (χ4v) is 7.87. The molecule has 172 valence electrons. The molecule has 4 aliphatic rings. The van der Waals surface area contributed by atoms with E-state index in [1.165, 1.54) is 18.4 Å². The molecule has 1 aromatic carbocycles. The van der Waals surface area contributed by atoms with Crippen molar-refractivity contribution in [2.75, 3.05) is 0 Å². The first-order chi connectivity index (χ1) is 15.3. The Morgan fingerprint density at radius 2 is 1.72 bits per heavy atom. The van der Waals surface area contributed by atoms with Gasteiger partial charge in [0, 0.05) is 18.8 Å². The molecule has 3 saturated carbocycles. The van der Waals surface area contributed by atoms with Gasteiger partial charge in [0.1, 0.15) is 12.2 Å². The SMILES string of the molecule is CC(=O)O[C@@H]1CC[C@@H]2[C@@H]3CC=C4C[C@@H](OC(=O)c5ccccc5)CC[C@]4(C)[C@@H]3CC[C@@]21C. The third kappa shape index (κ3) is 3.50. The third-order valence-corrected chi connectivity index (χ3v) is 9.56. The molecule has 4 aliphatic carbocycles. The molecule has 0 bridgehead atoms. The van der Waals surface area contributed by atoms with Crippen LogP contribution in [0.4, 0.5) is 0 Å². The van der Waals surface area contributed by atoms with Crippen molar-refractivity contribution >= 4 is 11.9 Å². The maximum absolute atomic E-state index is 12.6. The highest BCUT2D eigenvalue weighted by atomic mass is 16.5. The number of allylic oxidation sites excluding steroid dienone is 1. The van der Waals surface area contributed by atoms with E-state index in [9.17, 15) is 9.59 Å². The molecule has 0 heterocycles. The molecular formula is C28H36O4. The van der Waals surface area contributed by atoms with Gasteiger partial charge in [0.15, 0.2) is 0 Å². The summed E-state index contributed by atoms with van der Waals surface area (Å²) in [6.07, 6.45) is 11.1. The molecule has 32 heavy (non-hydrogen) atoms. The second-order valence-corrected chi connectivity index (χ2v) is 11.1. The van der Waals surface area contributed by atoms with Crippen molar-refractivity contribution < 1.29 is 19.1 Å². The Bertz CT molecular complexity index is 921. The molecule has 4 nitrogen and oxygen atoms in total. The molecule has 0 aromatic heterocycles. The lowest BCUT2D eigenvalue weighted by Gasteiger charge is -2.57. The fraction of sp³-hybridized carbons (Fsp3) is 0.643. The van der Waals surface area contributed by atoms with Gasteiger partial charge in [-0.2, -0.15) is 0 Å². The Morgan fingerprint density at radius 1 is 0.938 bits per heavy atom. The zero-order valence-corrected chi connectivity index (χ0v) is 19.6. The van der Waals surface area contributed by atoms with Crippen molar-refractivity contribution in [3.8, 4) is 0 Å². The van der Waals surface area contributed by atoms with E-state index in [2.05, 4.69) is 19.9 Å². The number of esters is 2. The average molecular weight is 437 g/mol. The molecule has 0 unspecified atom stereocenters. The minimum absolute atomic E-state index is 0.0211. The van der Waals surface area contributed by atoms with Gasteiger partial charge in [0.25, 0.3) is 0 Å². The number of benzene rings is 1. The van der Waals surface area contributed by atoms with E-state index in [-0.39, 0.29) is 35.0 Å². The van der Waals surface area contributed by atoms with Crippen LogP contribution in [0, 0.1) is 28.6 Å². The molecule has 5 rings (SSSR count). The standard InChI is InChI=1S/C28H36O4/c1-18(29)31-25-12-11-23-22-10-9-20-17-21(32-26(30)19-7-5-4-6-8-19)13-15-27(20,2)24(22)14-16-28(23,25)3/h4-9,21-25H,10-17H2,1-3H3/t21-,22-,23+,24+,25+,27-,28-/m0/s1. The Labute approximate surface area is 191 Å². The van der Waals surface area contributed by atoms with E-state index >= 15 is 0 Å². The summed E-state index contributed by atoms with van der Waals surface area (Å²) in [5.41, 5.74) is 2.47. The number of carbonyl (C=O) groups excluding carboxylic acids is 2. The monoisotopic (exact) mass is 436 g/mol. The van der Waals surface area contributed by atoms with Crippen LogP contribution < -0.4 is 0 Å². The smallest absolute Gasteiger partial charge is 0.338 e. The summed E-state index contributed by atoms with van der Waals surface area (Å²) in [5.74, 6) is 1.65. The van der Waals surface area contributed by atoms with Gasteiger partial charge >= 0.3 is 11.9 Å². The maximum Gasteiger partial charge on any atom is 0.338 e. The minimum Gasteiger partial charge on any atom is -0.462 e. The predicted molar refractivity (Wildman–Crippen MR) is 123 cm³/mol. The topological polar surface area (TPSA) is 52.6 Å². The molecule has 3 fully saturated rings. The van der Waals surface area contributed by atoms with Crippen LogP contribution in [0.3, 0.4) is 0 Å². The number of hydrogen-bond donors (Lipinski definition) is 0. The third-order valence-electron chi connectivity index (χ3n) is 9.56. The van der Waals surface area contributed by atoms with Gasteiger partial charge in [-0.1, -0.05) is 43.7 Å². The molecule has 0 spiro atoms. The van der Waals surface area contributed by atoms with Crippen molar-refractivity contribution in [3.63, 3.8) is 0 Å². The summed E-state index contributed by atoms with van der Waals surface area (Å²) in [6.45, 7) is 6.38. The molecule has 0 saturated heterocycles. The van der Waals surface area contributed by atoms with Crippen LogP contribution in [-0.2, 0) is 14.3 Å². The summed E-state index contributed by atoms with van der Waals surface area (Å²) >= 11 is 0. The van der Waals surface area contributed by atoms with Crippen LogP contribution in [0.5, 0.6) is 0 Å². The first-order valence-corrected chi connectivity index (χ1v) is 12.4. The van der Waals surface area contributed by atoms with Crippen LogP contribution in [0.25, 0.3) is 0 Å². The lowest BCUT2D eigenvalue weighted by atomic mass is 9.48. The molecular weight excluding hydrogens is 400 g/mol. The summed E-state index contributed by atoms with van der Waals surface area (Å²) in [7, 11) is 0. The molecule has 7 atom stereocenters. The lowest BCUT2D eigenvalue weighted by Crippen LogP contribution is -2.51. The summed E-state index contributed by atoms with van der Waals surface area (Å²) < 4.78 is 11.7. The van der Waals surface area contributed by atoms with E-state index in [4.69, 9.17) is 9.47 Å². The van der Waals surface area contributed by atoms with Crippen LogP contribution in [-0.4, -0.2) is 24.1 Å². The fourth-order valence-electron chi connectivity index (χ4n) is 7.87. The quantitative estimate of drug-likeness (QED) is 0.424. The first kappa shape index (κ1) is 21.7. The van der Waals surface area contributed by atoms with Gasteiger partial charge in [-0.05, 0) is 80.2 Å². The first-order valence-electron chi connectivity index (χ1n) is 12.4. The largest absolute Gasteiger partial charge is 0.462 e. The Morgan fingerprint density at radius 3 is 2.47 bits per heavy atom. The Kier molecular flexibility index (Phi) is 5.46. The second kappa shape index (κ2) is 8.04. The van der Waals surface area contributed by atoms with Crippen molar-refractivity contribution in [2.24, 2.45) is 28.6 Å². The Hall–Kier alpha value is -2.10. The number of carbonyl (C=O) groups is 2. The second-order valence-electron chi connectivity index (χ2n) is 11.1. The predicted octanol–water partition coefficient (Wildman–Crippen LogP) is 6.11. The number of hydrogen-bond acceptors (Lipinski definition) is 4.